The van der Waals surface area contributed by atoms with E-state index in [4.69, 9.17) is 21.6 Å². The molecule has 1 N–H and O–H groups in total. The molecule has 17 heavy (non-hydrogen) atoms. The van der Waals surface area contributed by atoms with Gasteiger partial charge >= 0.3 is 0 Å². The van der Waals surface area contributed by atoms with E-state index < -0.39 is 0 Å². The summed E-state index contributed by atoms with van der Waals surface area (Å²) in [6.45, 7) is 0.736. The molecule has 4 heteroatoms. The van der Waals surface area contributed by atoms with Crippen LogP contribution in [0.2, 0.25) is 5.02 Å². The summed E-state index contributed by atoms with van der Waals surface area (Å²) in [5, 5.41) is 12.9. The highest BCUT2D eigenvalue weighted by Crippen LogP contribution is 2.35. The third-order valence-electron chi connectivity index (χ3n) is 3.40. The number of hydrogen-bond donors (Lipinski definition) is 1. The molecule has 0 aliphatic heterocycles. The van der Waals surface area contributed by atoms with Gasteiger partial charge in [-0.15, -0.1) is 0 Å². The molecule has 1 aromatic rings. The first kappa shape index (κ1) is 12.2. The van der Waals surface area contributed by atoms with Crippen LogP contribution in [0.5, 0.6) is 0 Å². The van der Waals surface area contributed by atoms with Crippen LogP contribution in [0.4, 0.5) is 5.69 Å². The van der Waals surface area contributed by atoms with E-state index in [2.05, 4.69) is 11.4 Å². The molecule has 1 saturated carbocycles. The molecule has 1 aliphatic rings. The standard InChI is InChI=1S/C13H15ClN2O/c1-17-13(5-2-6-13)9-16-12-4-3-11(14)7-10(12)8-15/h3-4,7,16H,2,5-6,9H2,1H3. The molecule has 90 valence electrons. The van der Waals surface area contributed by atoms with Crippen LogP contribution < -0.4 is 5.32 Å². The number of rotatable bonds is 4. The molecule has 0 spiro atoms. The second-order valence-corrected chi connectivity index (χ2v) is 4.83. The number of nitriles is 1. The molecule has 0 saturated heterocycles. The van der Waals surface area contributed by atoms with Gasteiger partial charge in [-0.2, -0.15) is 5.26 Å². The average molecular weight is 251 g/mol. The topological polar surface area (TPSA) is 45.0 Å². The van der Waals surface area contributed by atoms with Crippen LogP contribution in [0.15, 0.2) is 18.2 Å². The highest BCUT2D eigenvalue weighted by molar-refractivity contribution is 6.30. The van der Waals surface area contributed by atoms with Crippen LogP contribution in [-0.2, 0) is 4.74 Å². The summed E-state index contributed by atoms with van der Waals surface area (Å²) in [6.07, 6.45) is 3.36. The molecule has 0 atom stereocenters. The average Bonchev–Trinajstić information content (AvgIpc) is 2.29. The number of benzene rings is 1. The molecule has 1 fully saturated rings. The van der Waals surface area contributed by atoms with Crippen molar-refractivity contribution in [3.05, 3.63) is 28.8 Å². The summed E-state index contributed by atoms with van der Waals surface area (Å²) in [7, 11) is 1.74. The van der Waals surface area contributed by atoms with Gasteiger partial charge in [0.25, 0.3) is 0 Å². The summed E-state index contributed by atoms with van der Waals surface area (Å²) in [5.74, 6) is 0. The molecule has 0 amide bonds. The molecule has 0 bridgehead atoms. The normalized spacial score (nSPS) is 17.0. The zero-order valence-electron chi connectivity index (χ0n) is 9.79. The van der Waals surface area contributed by atoms with Crippen molar-refractivity contribution >= 4 is 17.3 Å². The Bertz CT molecular complexity index is 444. The van der Waals surface area contributed by atoms with Crippen molar-refractivity contribution in [2.75, 3.05) is 19.0 Å². The minimum atomic E-state index is -0.0492. The number of hydrogen-bond acceptors (Lipinski definition) is 3. The lowest BCUT2D eigenvalue weighted by Gasteiger charge is -2.40. The van der Waals surface area contributed by atoms with E-state index in [1.54, 1.807) is 19.2 Å². The summed E-state index contributed by atoms with van der Waals surface area (Å²) in [6, 6.07) is 7.43. The summed E-state index contributed by atoms with van der Waals surface area (Å²) >= 11 is 5.85. The van der Waals surface area contributed by atoms with Gasteiger partial charge < -0.3 is 10.1 Å². The third-order valence-corrected chi connectivity index (χ3v) is 3.64. The maximum atomic E-state index is 9.02. The minimum Gasteiger partial charge on any atom is -0.381 e. The fraction of sp³-hybridized carbons (Fsp3) is 0.462. The lowest BCUT2D eigenvalue weighted by molar-refractivity contribution is -0.0601. The monoisotopic (exact) mass is 250 g/mol. The van der Waals surface area contributed by atoms with E-state index in [0.29, 0.717) is 10.6 Å². The Morgan fingerprint density at radius 2 is 2.29 bits per heavy atom. The first-order valence-electron chi connectivity index (χ1n) is 5.68. The van der Waals surface area contributed by atoms with E-state index in [1.165, 1.54) is 6.42 Å². The van der Waals surface area contributed by atoms with Gasteiger partial charge in [0, 0.05) is 18.7 Å². The summed E-state index contributed by atoms with van der Waals surface area (Å²) in [5.41, 5.74) is 1.34. The molecule has 0 unspecified atom stereocenters. The second kappa shape index (κ2) is 4.95. The van der Waals surface area contributed by atoms with Crippen molar-refractivity contribution in [2.45, 2.75) is 24.9 Å². The predicted octanol–water partition coefficient (Wildman–Crippen LogP) is 3.19. The molecule has 1 aromatic carbocycles. The Labute approximate surface area is 106 Å². The van der Waals surface area contributed by atoms with Crippen molar-refractivity contribution in [1.82, 2.24) is 0 Å². The quantitative estimate of drug-likeness (QED) is 0.893. The Hall–Kier alpha value is -1.24. The number of nitrogens with one attached hydrogen (secondary N) is 1. The highest BCUT2D eigenvalue weighted by atomic mass is 35.5. The van der Waals surface area contributed by atoms with Gasteiger partial charge in [-0.05, 0) is 37.5 Å². The molecule has 0 aromatic heterocycles. The van der Waals surface area contributed by atoms with Gasteiger partial charge in [0.05, 0.1) is 16.9 Å². The fourth-order valence-corrected chi connectivity index (χ4v) is 2.22. The second-order valence-electron chi connectivity index (χ2n) is 4.40. The van der Waals surface area contributed by atoms with Gasteiger partial charge in [0.2, 0.25) is 0 Å². The smallest absolute Gasteiger partial charge is 0.101 e. The van der Waals surface area contributed by atoms with Gasteiger partial charge in [0.1, 0.15) is 6.07 Å². The molecule has 0 radical (unpaired) electrons. The molecular weight excluding hydrogens is 236 g/mol. The van der Waals surface area contributed by atoms with Crippen LogP contribution >= 0.6 is 11.6 Å². The third kappa shape index (κ3) is 2.54. The van der Waals surface area contributed by atoms with Crippen LogP contribution in [0, 0.1) is 11.3 Å². The summed E-state index contributed by atoms with van der Waals surface area (Å²) < 4.78 is 5.52. The fourth-order valence-electron chi connectivity index (χ4n) is 2.04. The number of nitrogens with zero attached hydrogens (tertiary/aromatic N) is 1. The maximum Gasteiger partial charge on any atom is 0.101 e. The van der Waals surface area contributed by atoms with Crippen LogP contribution in [0.1, 0.15) is 24.8 Å². The van der Waals surface area contributed by atoms with E-state index in [0.717, 1.165) is 25.1 Å². The predicted molar refractivity (Wildman–Crippen MR) is 68.2 cm³/mol. The van der Waals surface area contributed by atoms with E-state index in [9.17, 15) is 0 Å². The van der Waals surface area contributed by atoms with Crippen LogP contribution in [0.3, 0.4) is 0 Å². The Kier molecular flexibility index (Phi) is 3.56. The number of halogens is 1. The lowest BCUT2D eigenvalue weighted by atomic mass is 9.80. The molecule has 2 rings (SSSR count). The molecule has 1 aliphatic carbocycles. The van der Waals surface area contributed by atoms with Crippen molar-refractivity contribution in [1.29, 1.82) is 5.26 Å². The van der Waals surface area contributed by atoms with Crippen LogP contribution in [0.25, 0.3) is 0 Å². The molecule has 0 heterocycles. The Morgan fingerprint density at radius 1 is 1.53 bits per heavy atom. The first-order valence-corrected chi connectivity index (χ1v) is 6.06. The zero-order chi connectivity index (χ0) is 12.3. The van der Waals surface area contributed by atoms with E-state index in [1.807, 2.05) is 6.07 Å². The number of anilines is 1. The number of ether oxygens (including phenoxy) is 1. The molecule has 3 nitrogen and oxygen atoms in total. The van der Waals surface area contributed by atoms with E-state index >= 15 is 0 Å². The van der Waals surface area contributed by atoms with Crippen molar-refractivity contribution in [2.24, 2.45) is 0 Å². The van der Waals surface area contributed by atoms with Crippen molar-refractivity contribution in [3.63, 3.8) is 0 Å². The minimum absolute atomic E-state index is 0.0492. The Balaban J connectivity index is 2.06. The van der Waals surface area contributed by atoms with Gasteiger partial charge in [0.15, 0.2) is 0 Å². The molecular formula is C13H15ClN2O. The summed E-state index contributed by atoms with van der Waals surface area (Å²) in [4.78, 5) is 0. The van der Waals surface area contributed by atoms with E-state index in [-0.39, 0.29) is 5.60 Å². The maximum absolute atomic E-state index is 9.02. The number of methoxy groups -OCH3 is 1. The van der Waals surface area contributed by atoms with Gasteiger partial charge in [-0.3, -0.25) is 0 Å². The zero-order valence-corrected chi connectivity index (χ0v) is 10.5. The van der Waals surface area contributed by atoms with Crippen molar-refractivity contribution in [3.8, 4) is 6.07 Å². The Morgan fingerprint density at radius 3 is 2.82 bits per heavy atom. The lowest BCUT2D eigenvalue weighted by Crippen LogP contribution is -2.45. The van der Waals surface area contributed by atoms with Gasteiger partial charge in [-0.25, -0.2) is 0 Å². The van der Waals surface area contributed by atoms with Gasteiger partial charge in [-0.1, -0.05) is 11.6 Å². The van der Waals surface area contributed by atoms with Crippen molar-refractivity contribution < 1.29 is 4.74 Å². The highest BCUT2D eigenvalue weighted by Gasteiger charge is 2.36. The first-order chi connectivity index (χ1) is 8.19. The largest absolute Gasteiger partial charge is 0.381 e. The van der Waals surface area contributed by atoms with Crippen LogP contribution in [-0.4, -0.2) is 19.3 Å². The SMILES string of the molecule is COC1(CNc2ccc(Cl)cc2C#N)CCC1.